The lowest BCUT2D eigenvalue weighted by Gasteiger charge is -2.31. The molecule has 158 valence electrons. The van der Waals surface area contributed by atoms with Crippen LogP contribution in [0.5, 0.6) is 0 Å². The largest absolute Gasteiger partial charge is 0.309 e. The summed E-state index contributed by atoms with van der Waals surface area (Å²) in [6, 6.07) is 17.8. The molecule has 4 aromatic rings. The fourth-order valence-corrected chi connectivity index (χ4v) is 6.99. The topological polar surface area (TPSA) is 34.0 Å². The van der Waals surface area contributed by atoms with E-state index in [1.54, 1.807) is 11.3 Å². The minimum atomic E-state index is 0.532. The van der Waals surface area contributed by atoms with E-state index in [2.05, 4.69) is 73.6 Å². The molecule has 6 rings (SSSR count). The van der Waals surface area contributed by atoms with Gasteiger partial charge in [0.25, 0.3) is 0 Å². The first-order valence-corrected chi connectivity index (χ1v) is 13.1. The van der Waals surface area contributed by atoms with Crippen molar-refractivity contribution in [3.63, 3.8) is 0 Å². The molecule has 2 aliphatic heterocycles. The SMILES string of the molecule is c1ccc2cc(CCN3CCC(c4nnc5n4CCSc4ccsc4-5)CC3)ccc2c1. The van der Waals surface area contributed by atoms with Crippen molar-refractivity contribution >= 4 is 33.9 Å². The van der Waals surface area contributed by atoms with Crippen molar-refractivity contribution in [2.75, 3.05) is 25.4 Å². The number of rotatable bonds is 4. The van der Waals surface area contributed by atoms with Gasteiger partial charge in [-0.2, -0.15) is 0 Å². The van der Waals surface area contributed by atoms with E-state index in [9.17, 15) is 0 Å². The predicted octanol–water partition coefficient (Wildman–Crippen LogP) is 5.69. The van der Waals surface area contributed by atoms with Crippen molar-refractivity contribution in [1.29, 1.82) is 0 Å². The average Bonchev–Trinajstić information content (AvgIpc) is 3.41. The zero-order valence-corrected chi connectivity index (χ0v) is 19.2. The number of fused-ring (bicyclic) bond motifs is 4. The summed E-state index contributed by atoms with van der Waals surface area (Å²) < 4.78 is 2.41. The summed E-state index contributed by atoms with van der Waals surface area (Å²) in [7, 11) is 0. The van der Waals surface area contributed by atoms with Gasteiger partial charge in [0.15, 0.2) is 5.82 Å². The molecular weight excluding hydrogens is 420 g/mol. The van der Waals surface area contributed by atoms with Gasteiger partial charge in [-0.3, -0.25) is 0 Å². The number of benzene rings is 2. The van der Waals surface area contributed by atoms with Crippen LogP contribution in [0.15, 0.2) is 58.8 Å². The molecule has 2 aliphatic rings. The average molecular weight is 447 g/mol. The Morgan fingerprint density at radius 3 is 2.71 bits per heavy atom. The Labute approximate surface area is 191 Å². The van der Waals surface area contributed by atoms with Crippen molar-refractivity contribution in [2.45, 2.75) is 36.6 Å². The summed E-state index contributed by atoms with van der Waals surface area (Å²) in [5.74, 6) is 3.94. The molecule has 0 N–H and O–H groups in total. The van der Waals surface area contributed by atoms with Gasteiger partial charge in [0, 0.05) is 29.7 Å². The maximum absolute atomic E-state index is 4.68. The molecule has 0 aliphatic carbocycles. The fourth-order valence-electron chi connectivity index (χ4n) is 4.92. The zero-order chi connectivity index (χ0) is 20.6. The van der Waals surface area contributed by atoms with Gasteiger partial charge in [-0.25, -0.2) is 0 Å². The molecule has 6 heteroatoms. The Morgan fingerprint density at radius 2 is 1.81 bits per heavy atom. The highest BCUT2D eigenvalue weighted by molar-refractivity contribution is 7.99. The fraction of sp³-hybridized carbons (Fsp3) is 0.360. The van der Waals surface area contributed by atoms with Crippen LogP contribution in [0.1, 0.15) is 30.1 Å². The summed E-state index contributed by atoms with van der Waals surface area (Å²) in [6.45, 7) is 4.46. The highest BCUT2D eigenvalue weighted by Crippen LogP contribution is 2.40. The van der Waals surface area contributed by atoms with E-state index < -0.39 is 0 Å². The van der Waals surface area contributed by atoms with E-state index in [4.69, 9.17) is 0 Å². The van der Waals surface area contributed by atoms with Crippen LogP contribution in [0.2, 0.25) is 0 Å². The lowest BCUT2D eigenvalue weighted by Crippen LogP contribution is -2.35. The molecule has 4 heterocycles. The smallest absolute Gasteiger partial charge is 0.175 e. The number of piperidine rings is 1. The third-order valence-corrected chi connectivity index (χ3v) is 8.74. The van der Waals surface area contributed by atoms with Crippen molar-refractivity contribution in [3.8, 4) is 10.7 Å². The van der Waals surface area contributed by atoms with Gasteiger partial charge in [-0.15, -0.1) is 33.3 Å². The molecule has 2 aromatic heterocycles. The predicted molar refractivity (Wildman–Crippen MR) is 130 cm³/mol. The molecule has 0 amide bonds. The maximum atomic E-state index is 4.68. The molecular formula is C25H26N4S2. The van der Waals surface area contributed by atoms with E-state index in [1.807, 2.05) is 11.8 Å². The number of hydrogen-bond donors (Lipinski definition) is 0. The van der Waals surface area contributed by atoms with Gasteiger partial charge in [-0.05, 0) is 60.1 Å². The molecule has 4 nitrogen and oxygen atoms in total. The van der Waals surface area contributed by atoms with Crippen LogP contribution in [-0.4, -0.2) is 45.1 Å². The second-order valence-corrected chi connectivity index (χ2v) is 10.6. The van der Waals surface area contributed by atoms with E-state index >= 15 is 0 Å². The van der Waals surface area contributed by atoms with Gasteiger partial charge in [0.1, 0.15) is 5.82 Å². The first-order chi connectivity index (χ1) is 15.3. The van der Waals surface area contributed by atoms with Crippen LogP contribution in [0.3, 0.4) is 0 Å². The molecule has 1 saturated heterocycles. The minimum absolute atomic E-state index is 0.532. The molecule has 0 unspecified atom stereocenters. The summed E-state index contributed by atoms with van der Waals surface area (Å²) in [5.41, 5.74) is 1.44. The van der Waals surface area contributed by atoms with Crippen molar-refractivity contribution in [2.24, 2.45) is 0 Å². The van der Waals surface area contributed by atoms with Crippen LogP contribution in [0, 0.1) is 0 Å². The number of nitrogens with zero attached hydrogens (tertiary/aromatic N) is 4. The molecule has 31 heavy (non-hydrogen) atoms. The monoisotopic (exact) mass is 446 g/mol. The summed E-state index contributed by atoms with van der Waals surface area (Å²) in [4.78, 5) is 5.29. The van der Waals surface area contributed by atoms with Crippen LogP contribution in [0.25, 0.3) is 21.5 Å². The van der Waals surface area contributed by atoms with E-state index in [1.165, 1.54) is 44.8 Å². The Balaban J connectivity index is 1.10. The van der Waals surface area contributed by atoms with E-state index in [0.29, 0.717) is 5.92 Å². The number of thiophene rings is 1. The first kappa shape index (κ1) is 19.5. The van der Waals surface area contributed by atoms with Crippen LogP contribution in [0.4, 0.5) is 0 Å². The Kier molecular flexibility index (Phi) is 5.30. The Morgan fingerprint density at radius 1 is 0.935 bits per heavy atom. The molecule has 0 atom stereocenters. The second-order valence-electron chi connectivity index (χ2n) is 8.54. The lowest BCUT2D eigenvalue weighted by atomic mass is 9.95. The first-order valence-electron chi connectivity index (χ1n) is 11.2. The maximum Gasteiger partial charge on any atom is 0.175 e. The van der Waals surface area contributed by atoms with Crippen molar-refractivity contribution in [3.05, 3.63) is 65.3 Å². The van der Waals surface area contributed by atoms with Gasteiger partial charge >= 0.3 is 0 Å². The summed E-state index contributed by atoms with van der Waals surface area (Å²) in [5, 5.41) is 14.2. The zero-order valence-electron chi connectivity index (χ0n) is 17.5. The molecule has 2 aromatic carbocycles. The van der Waals surface area contributed by atoms with Gasteiger partial charge in [0.2, 0.25) is 0 Å². The summed E-state index contributed by atoms with van der Waals surface area (Å²) >= 11 is 3.75. The third-order valence-electron chi connectivity index (χ3n) is 6.67. The van der Waals surface area contributed by atoms with E-state index in [-0.39, 0.29) is 0 Å². The van der Waals surface area contributed by atoms with Crippen molar-refractivity contribution in [1.82, 2.24) is 19.7 Å². The number of aromatic nitrogens is 3. The number of thioether (sulfide) groups is 1. The van der Waals surface area contributed by atoms with Gasteiger partial charge in [0.05, 0.1) is 4.88 Å². The molecule has 0 spiro atoms. The minimum Gasteiger partial charge on any atom is -0.309 e. The van der Waals surface area contributed by atoms with E-state index in [0.717, 1.165) is 44.2 Å². The normalized spacial score (nSPS) is 17.4. The third kappa shape index (κ3) is 3.81. The number of likely N-dealkylation sites (tertiary alicyclic amines) is 1. The summed E-state index contributed by atoms with van der Waals surface area (Å²) in [6.07, 6.45) is 3.48. The quantitative estimate of drug-likeness (QED) is 0.403. The Hall–Kier alpha value is -2.15. The van der Waals surface area contributed by atoms with Crippen molar-refractivity contribution < 1.29 is 0 Å². The van der Waals surface area contributed by atoms with Crippen LogP contribution < -0.4 is 0 Å². The Bertz CT molecular complexity index is 1200. The van der Waals surface area contributed by atoms with Gasteiger partial charge < -0.3 is 9.47 Å². The molecule has 1 fully saturated rings. The second kappa shape index (κ2) is 8.41. The highest BCUT2D eigenvalue weighted by Gasteiger charge is 2.28. The van der Waals surface area contributed by atoms with Crippen LogP contribution in [-0.2, 0) is 13.0 Å². The molecule has 0 saturated carbocycles. The lowest BCUT2D eigenvalue weighted by molar-refractivity contribution is 0.210. The van der Waals surface area contributed by atoms with Crippen LogP contribution >= 0.6 is 23.1 Å². The standard InChI is InChI=1S/C25H26N4S2/c1-2-4-21-17-18(5-6-19(21)3-1)7-11-28-12-8-20(9-13-28)24-26-27-25-23-22(10-15-31-23)30-16-14-29(24)25/h1-6,10,15,17,20H,7-9,11-14,16H2. The van der Waals surface area contributed by atoms with Gasteiger partial charge in [-0.1, -0.05) is 42.5 Å². The molecule has 0 radical (unpaired) electrons. The number of hydrogen-bond acceptors (Lipinski definition) is 5. The highest BCUT2D eigenvalue weighted by atomic mass is 32.2. The molecule has 0 bridgehead atoms.